The number of amides is 1. The summed E-state index contributed by atoms with van der Waals surface area (Å²) in [4.78, 5) is 52.4. The van der Waals surface area contributed by atoms with Gasteiger partial charge in [-0.05, 0) is 43.5 Å². The molecule has 0 saturated heterocycles. The number of carbonyl (C=O) groups is 4. The molecule has 7 N–H and O–H groups in total. The number of ketones is 1. The molecule has 36 heavy (non-hydrogen) atoms. The van der Waals surface area contributed by atoms with E-state index in [1.807, 2.05) is 0 Å². The molecule has 0 spiro atoms. The molecule has 1 aliphatic heterocycles. The second-order valence-electron chi connectivity index (χ2n) is 8.45. The molecule has 2 aliphatic rings. The molecule has 0 aromatic heterocycles. The van der Waals surface area contributed by atoms with Crippen LogP contribution >= 0.6 is 0 Å². The van der Waals surface area contributed by atoms with Crippen LogP contribution in [0.2, 0.25) is 0 Å². The summed E-state index contributed by atoms with van der Waals surface area (Å²) in [5.41, 5.74) is 12.7. The van der Waals surface area contributed by atoms with Crippen molar-refractivity contribution in [2.24, 2.45) is 22.4 Å². The number of carboxylic acids is 2. The number of carbonyl (C=O) groups excluding carboxylic acids is 2. The van der Waals surface area contributed by atoms with Crippen LogP contribution in [0.1, 0.15) is 42.5 Å². The lowest BCUT2D eigenvalue weighted by molar-refractivity contribution is -0.146. The maximum Gasteiger partial charge on any atom is 0.326 e. The fourth-order valence-electron chi connectivity index (χ4n) is 4.19. The van der Waals surface area contributed by atoms with Crippen LogP contribution in [0.15, 0.2) is 58.6 Å². The van der Waals surface area contributed by atoms with E-state index in [1.165, 1.54) is 24.3 Å². The second-order valence-corrected chi connectivity index (χ2v) is 8.45. The van der Waals surface area contributed by atoms with Crippen LogP contribution in [0.5, 0.6) is 5.75 Å². The van der Waals surface area contributed by atoms with Crippen LogP contribution in [-0.2, 0) is 14.4 Å². The largest absolute Gasteiger partial charge is 0.492 e. The average molecular weight is 497 g/mol. The van der Waals surface area contributed by atoms with E-state index in [1.54, 1.807) is 18.2 Å². The molecule has 190 valence electrons. The van der Waals surface area contributed by atoms with Gasteiger partial charge in [0.2, 0.25) is 0 Å². The number of nitrogens with one attached hydrogen (secondary N) is 1. The van der Waals surface area contributed by atoms with Gasteiger partial charge in [-0.1, -0.05) is 24.1 Å². The molecule has 1 aliphatic carbocycles. The fourth-order valence-corrected chi connectivity index (χ4v) is 4.19. The summed E-state index contributed by atoms with van der Waals surface area (Å²) < 4.78 is 6.06. The monoisotopic (exact) mass is 496 g/mol. The van der Waals surface area contributed by atoms with Gasteiger partial charge in [-0.3, -0.25) is 14.4 Å². The number of ether oxygens (including phenoxy) is 1. The van der Waals surface area contributed by atoms with Gasteiger partial charge in [0.05, 0.1) is 24.3 Å². The minimum Gasteiger partial charge on any atom is -0.492 e. The summed E-state index contributed by atoms with van der Waals surface area (Å²) in [7, 11) is 0. The van der Waals surface area contributed by atoms with E-state index in [0.29, 0.717) is 29.8 Å². The summed E-state index contributed by atoms with van der Waals surface area (Å²) in [6.45, 7) is 0.159. The quantitative estimate of drug-likeness (QED) is 0.288. The minimum absolute atomic E-state index is 0.143. The van der Waals surface area contributed by atoms with Crippen molar-refractivity contribution < 1.29 is 34.1 Å². The third-order valence-corrected chi connectivity index (χ3v) is 5.86. The van der Waals surface area contributed by atoms with Gasteiger partial charge < -0.3 is 31.7 Å². The molecular weight excluding hydrogens is 468 g/mol. The summed E-state index contributed by atoms with van der Waals surface area (Å²) in [5.74, 6) is -3.87. The topological polar surface area (TPSA) is 194 Å². The van der Waals surface area contributed by atoms with Crippen molar-refractivity contribution in [1.29, 1.82) is 0 Å². The molecule has 1 fully saturated rings. The van der Waals surface area contributed by atoms with E-state index in [2.05, 4.69) is 10.3 Å². The molecule has 0 bridgehead atoms. The summed E-state index contributed by atoms with van der Waals surface area (Å²) >= 11 is 0. The maximum atomic E-state index is 13.1. The first-order valence-electron chi connectivity index (χ1n) is 11.4. The Bertz CT molecular complexity index is 1180. The van der Waals surface area contributed by atoms with Gasteiger partial charge in [0.1, 0.15) is 11.8 Å². The summed E-state index contributed by atoms with van der Waals surface area (Å²) in [6, 6.07) is 3.14. The van der Waals surface area contributed by atoms with E-state index >= 15 is 0 Å². The van der Waals surface area contributed by atoms with Crippen molar-refractivity contribution in [2.45, 2.75) is 38.1 Å². The predicted octanol–water partition coefficient (Wildman–Crippen LogP) is 1.81. The first-order chi connectivity index (χ1) is 17.2. The molecule has 1 aromatic carbocycles. The number of rotatable bonds is 6. The lowest BCUT2D eigenvalue weighted by Crippen LogP contribution is -2.43. The second kappa shape index (κ2) is 11.8. The third-order valence-electron chi connectivity index (χ3n) is 5.86. The SMILES string of the molecule is NC(N)=Nc1ccc2c(c1)OCC1CCCC/C1=C(C(=O)N[C@@H](CC(=O)O)C(=O)O)/C=C\C=C/C2=O. The standard InChI is InChI=1S/C25H28N4O7/c26-25(27)28-15-9-10-18-20(30)8-4-3-7-17(23(33)29-19(24(34)35)12-22(31)32)16-6-2-1-5-14(16)13-36-21(18)11-15/h3-4,7-11,14,19H,1-2,5-6,12-13H2,(H,29,33)(H,31,32)(H,34,35)(H4,26,27,28)/b7-3-,8-4-,17-16+/t14?,19-/m0/s1. The molecular formula is C25H28N4O7. The number of fused-ring (bicyclic) bond motifs is 2. The molecule has 1 saturated carbocycles. The van der Waals surface area contributed by atoms with Crippen LogP contribution in [0.25, 0.3) is 0 Å². The van der Waals surface area contributed by atoms with Crippen LogP contribution < -0.4 is 21.5 Å². The van der Waals surface area contributed by atoms with Crippen molar-refractivity contribution in [2.75, 3.05) is 6.61 Å². The van der Waals surface area contributed by atoms with Gasteiger partial charge in [0.25, 0.3) is 5.91 Å². The van der Waals surface area contributed by atoms with Gasteiger partial charge in [0, 0.05) is 17.6 Å². The van der Waals surface area contributed by atoms with Gasteiger partial charge >= 0.3 is 11.9 Å². The Morgan fingerprint density at radius 1 is 1.14 bits per heavy atom. The number of carboxylic acid groups (broad SMARTS) is 2. The van der Waals surface area contributed by atoms with Crippen molar-refractivity contribution >= 4 is 35.3 Å². The number of aliphatic imine (C=N–C) groups is 1. The van der Waals surface area contributed by atoms with E-state index in [0.717, 1.165) is 18.4 Å². The summed E-state index contributed by atoms with van der Waals surface area (Å²) in [5, 5.41) is 20.7. The number of allylic oxidation sites excluding steroid dienone is 3. The molecule has 1 amide bonds. The van der Waals surface area contributed by atoms with Gasteiger partial charge in [0.15, 0.2) is 11.7 Å². The Morgan fingerprint density at radius 2 is 1.89 bits per heavy atom. The molecule has 1 aromatic rings. The van der Waals surface area contributed by atoms with E-state index < -0.39 is 30.3 Å². The molecule has 11 nitrogen and oxygen atoms in total. The number of nitrogens with two attached hydrogens (primary N) is 2. The average Bonchev–Trinajstić information content (AvgIpc) is 2.81. The fraction of sp³-hybridized carbons (Fsp3) is 0.320. The molecule has 11 heteroatoms. The molecule has 2 atom stereocenters. The van der Waals surface area contributed by atoms with Crippen molar-refractivity contribution in [3.05, 3.63) is 59.2 Å². The van der Waals surface area contributed by atoms with Gasteiger partial charge in [-0.2, -0.15) is 0 Å². The van der Waals surface area contributed by atoms with Crippen LogP contribution in [0.4, 0.5) is 5.69 Å². The Labute approximate surface area is 207 Å². The zero-order chi connectivity index (χ0) is 26.2. The molecule has 1 unspecified atom stereocenters. The smallest absolute Gasteiger partial charge is 0.326 e. The molecule has 3 rings (SSSR count). The minimum atomic E-state index is -1.59. The zero-order valence-electron chi connectivity index (χ0n) is 19.5. The highest BCUT2D eigenvalue weighted by Crippen LogP contribution is 2.34. The predicted molar refractivity (Wildman–Crippen MR) is 131 cm³/mol. The number of benzene rings is 1. The summed E-state index contributed by atoms with van der Waals surface area (Å²) in [6.07, 6.45) is 8.07. The first-order valence-corrected chi connectivity index (χ1v) is 11.4. The maximum absolute atomic E-state index is 13.1. The highest BCUT2D eigenvalue weighted by Gasteiger charge is 2.29. The van der Waals surface area contributed by atoms with Crippen LogP contribution in [-0.4, -0.2) is 52.5 Å². The third kappa shape index (κ3) is 6.81. The number of hydrogen-bond acceptors (Lipinski definition) is 6. The number of aliphatic carboxylic acids is 2. The van der Waals surface area contributed by atoms with Crippen molar-refractivity contribution in [1.82, 2.24) is 5.32 Å². The Morgan fingerprint density at radius 3 is 2.58 bits per heavy atom. The first kappa shape index (κ1) is 26.2. The van der Waals surface area contributed by atoms with Crippen LogP contribution in [0.3, 0.4) is 0 Å². The normalized spacial score (nSPS) is 22.2. The Kier molecular flexibility index (Phi) is 8.61. The zero-order valence-corrected chi connectivity index (χ0v) is 19.5. The number of hydrogen-bond donors (Lipinski definition) is 5. The highest BCUT2D eigenvalue weighted by atomic mass is 16.5. The van der Waals surface area contributed by atoms with Crippen molar-refractivity contribution in [3.8, 4) is 5.75 Å². The highest BCUT2D eigenvalue weighted by molar-refractivity contribution is 6.07. The van der Waals surface area contributed by atoms with E-state index in [9.17, 15) is 24.3 Å². The van der Waals surface area contributed by atoms with E-state index in [-0.39, 0.29) is 29.8 Å². The Hall–Kier alpha value is -4.41. The van der Waals surface area contributed by atoms with E-state index in [4.69, 9.17) is 21.3 Å². The number of nitrogens with zero attached hydrogens (tertiary/aromatic N) is 1. The Balaban J connectivity index is 2.00. The van der Waals surface area contributed by atoms with Crippen molar-refractivity contribution in [3.63, 3.8) is 0 Å². The lowest BCUT2D eigenvalue weighted by atomic mass is 9.81. The van der Waals surface area contributed by atoms with Crippen LogP contribution in [0, 0.1) is 5.92 Å². The lowest BCUT2D eigenvalue weighted by Gasteiger charge is -2.28. The molecule has 0 radical (unpaired) electrons. The van der Waals surface area contributed by atoms with Gasteiger partial charge in [-0.25, -0.2) is 9.79 Å². The van der Waals surface area contributed by atoms with Gasteiger partial charge in [-0.15, -0.1) is 0 Å². The number of guanidine groups is 1. The molecule has 1 heterocycles.